The van der Waals surface area contributed by atoms with E-state index in [0.29, 0.717) is 23.7 Å². The van der Waals surface area contributed by atoms with Gasteiger partial charge in [0.1, 0.15) is 6.07 Å². The van der Waals surface area contributed by atoms with Gasteiger partial charge < -0.3 is 0 Å². The van der Waals surface area contributed by atoms with E-state index in [9.17, 15) is 4.79 Å². The molecule has 4 heterocycles. The predicted octanol–water partition coefficient (Wildman–Crippen LogP) is 1.35. The molecule has 0 saturated carbocycles. The summed E-state index contributed by atoms with van der Waals surface area (Å²) in [6.45, 7) is 2.97. The average molecular weight is 373 g/mol. The highest BCUT2D eigenvalue weighted by molar-refractivity contribution is 8.00. The van der Waals surface area contributed by atoms with Gasteiger partial charge in [-0.25, -0.2) is 4.98 Å². The molecule has 8 nitrogen and oxygen atoms in total. The Bertz CT molecular complexity index is 1030. The summed E-state index contributed by atoms with van der Waals surface area (Å²) in [6, 6.07) is 5.48. The van der Waals surface area contributed by atoms with Gasteiger partial charge in [-0.2, -0.15) is 14.9 Å². The van der Waals surface area contributed by atoms with Crippen LogP contribution in [0.1, 0.15) is 23.5 Å². The lowest BCUT2D eigenvalue weighted by atomic mass is 10.3. The first-order chi connectivity index (χ1) is 12.2. The fourth-order valence-corrected chi connectivity index (χ4v) is 4.33. The zero-order valence-electron chi connectivity index (χ0n) is 13.5. The largest absolute Gasteiger partial charge is 0.292 e. The molecular formula is C15H15N7OS2. The van der Waals surface area contributed by atoms with Crippen LogP contribution in [0.2, 0.25) is 0 Å². The van der Waals surface area contributed by atoms with Gasteiger partial charge in [-0.15, -0.1) is 5.10 Å². The lowest BCUT2D eigenvalue weighted by molar-refractivity contribution is 0.258. The summed E-state index contributed by atoms with van der Waals surface area (Å²) in [4.78, 5) is 19.7. The van der Waals surface area contributed by atoms with E-state index in [2.05, 4.69) is 26.2 Å². The third kappa shape index (κ3) is 3.18. The molecule has 0 N–H and O–H groups in total. The molecule has 0 radical (unpaired) electrons. The van der Waals surface area contributed by atoms with Gasteiger partial charge in [-0.05, 0) is 18.7 Å². The molecule has 3 aromatic heterocycles. The molecule has 0 atom stereocenters. The van der Waals surface area contributed by atoms with Crippen LogP contribution in [0.3, 0.4) is 0 Å². The third-order valence-corrected chi connectivity index (χ3v) is 5.93. The van der Waals surface area contributed by atoms with Gasteiger partial charge in [0.25, 0.3) is 5.56 Å². The molecule has 0 fully saturated rings. The fourth-order valence-electron chi connectivity index (χ4n) is 2.95. The van der Waals surface area contributed by atoms with E-state index < -0.39 is 0 Å². The standard InChI is InChI=1S/C15H15N7OS2/c1-24-15-19-22-13(23)6-11(17-14(22)25-15)8-20-3-2-4-21-12(9-20)5-10(7-16)18-21/h5-6H,2-4,8-9H2,1H3. The minimum atomic E-state index is -0.150. The van der Waals surface area contributed by atoms with Crippen molar-refractivity contribution in [3.05, 3.63) is 39.6 Å². The summed E-state index contributed by atoms with van der Waals surface area (Å²) in [7, 11) is 0. The molecule has 10 heteroatoms. The van der Waals surface area contributed by atoms with Crippen molar-refractivity contribution in [2.24, 2.45) is 0 Å². The molecule has 0 spiro atoms. The van der Waals surface area contributed by atoms with Gasteiger partial charge in [0.2, 0.25) is 4.96 Å². The van der Waals surface area contributed by atoms with Crippen LogP contribution in [0.5, 0.6) is 0 Å². The summed E-state index contributed by atoms with van der Waals surface area (Å²) in [6.07, 6.45) is 2.87. The Balaban J connectivity index is 1.60. The molecule has 25 heavy (non-hydrogen) atoms. The van der Waals surface area contributed by atoms with E-state index >= 15 is 0 Å². The molecule has 1 aliphatic rings. The number of thioether (sulfide) groups is 1. The maximum atomic E-state index is 12.3. The first kappa shape index (κ1) is 16.3. The summed E-state index contributed by atoms with van der Waals surface area (Å²) in [5.74, 6) is 0. The van der Waals surface area contributed by atoms with Crippen LogP contribution in [-0.4, -0.2) is 42.1 Å². The second kappa shape index (κ2) is 6.59. The zero-order chi connectivity index (χ0) is 17.4. The van der Waals surface area contributed by atoms with Crippen LogP contribution < -0.4 is 5.56 Å². The second-order valence-corrected chi connectivity index (χ2v) is 7.78. The van der Waals surface area contributed by atoms with E-state index in [1.165, 1.54) is 27.6 Å². The van der Waals surface area contributed by atoms with Crippen molar-refractivity contribution in [2.45, 2.75) is 30.4 Å². The third-order valence-electron chi connectivity index (χ3n) is 4.05. The van der Waals surface area contributed by atoms with Crippen molar-refractivity contribution >= 4 is 28.1 Å². The second-order valence-electron chi connectivity index (χ2n) is 5.77. The first-order valence-electron chi connectivity index (χ1n) is 7.79. The molecule has 1 aliphatic heterocycles. The zero-order valence-corrected chi connectivity index (χ0v) is 15.2. The van der Waals surface area contributed by atoms with Crippen molar-refractivity contribution in [2.75, 3.05) is 12.8 Å². The Morgan fingerprint density at radius 3 is 3.04 bits per heavy atom. The van der Waals surface area contributed by atoms with E-state index in [4.69, 9.17) is 5.26 Å². The number of hydrogen-bond acceptors (Lipinski definition) is 8. The highest BCUT2D eigenvalue weighted by atomic mass is 32.2. The molecule has 0 unspecified atom stereocenters. The first-order valence-corrected chi connectivity index (χ1v) is 9.83. The highest BCUT2D eigenvalue weighted by Gasteiger charge is 2.18. The highest BCUT2D eigenvalue weighted by Crippen LogP contribution is 2.21. The van der Waals surface area contributed by atoms with E-state index in [1.807, 2.05) is 17.0 Å². The van der Waals surface area contributed by atoms with Crippen LogP contribution in [0.4, 0.5) is 0 Å². The number of nitriles is 1. The summed E-state index contributed by atoms with van der Waals surface area (Å²) in [5.41, 5.74) is 2.07. The van der Waals surface area contributed by atoms with Crippen LogP contribution in [-0.2, 0) is 19.6 Å². The molecule has 3 aromatic rings. The van der Waals surface area contributed by atoms with Crippen molar-refractivity contribution in [1.82, 2.24) is 29.3 Å². The van der Waals surface area contributed by atoms with E-state index in [1.54, 1.807) is 6.07 Å². The summed E-state index contributed by atoms with van der Waals surface area (Å²) in [5, 5.41) is 17.6. The van der Waals surface area contributed by atoms with Crippen LogP contribution in [0.15, 0.2) is 21.3 Å². The van der Waals surface area contributed by atoms with Crippen molar-refractivity contribution < 1.29 is 0 Å². The minimum absolute atomic E-state index is 0.150. The number of aryl methyl sites for hydroxylation is 1. The molecule has 128 valence electrons. The number of nitrogens with zero attached hydrogens (tertiary/aromatic N) is 7. The Labute approximate surface area is 151 Å². The molecule has 0 saturated heterocycles. The topological polar surface area (TPSA) is 92.1 Å². The molecule has 0 aromatic carbocycles. The van der Waals surface area contributed by atoms with Gasteiger partial charge in [-0.1, -0.05) is 23.1 Å². The Hall–Kier alpha value is -2.22. The fraction of sp³-hybridized carbons (Fsp3) is 0.400. The number of rotatable bonds is 3. The normalized spacial score (nSPS) is 15.0. The summed E-state index contributed by atoms with van der Waals surface area (Å²) < 4.78 is 4.08. The quantitative estimate of drug-likeness (QED) is 0.640. The SMILES string of the molecule is CSc1nn2c(=O)cc(CN3CCCn4nc(C#N)cc4C3)nc2s1. The van der Waals surface area contributed by atoms with Gasteiger partial charge in [0, 0.05) is 32.2 Å². The van der Waals surface area contributed by atoms with Gasteiger partial charge in [0.15, 0.2) is 10.0 Å². The summed E-state index contributed by atoms with van der Waals surface area (Å²) >= 11 is 2.93. The average Bonchev–Trinajstić information content (AvgIpc) is 3.14. The maximum Gasteiger partial charge on any atom is 0.275 e. The Kier molecular flexibility index (Phi) is 4.29. The van der Waals surface area contributed by atoms with Gasteiger partial charge in [-0.3, -0.25) is 14.4 Å². The molecular weight excluding hydrogens is 358 g/mol. The number of fused-ring (bicyclic) bond motifs is 2. The van der Waals surface area contributed by atoms with Crippen molar-refractivity contribution in [3.63, 3.8) is 0 Å². The maximum absolute atomic E-state index is 12.3. The van der Waals surface area contributed by atoms with Gasteiger partial charge in [0.05, 0.1) is 11.4 Å². The van der Waals surface area contributed by atoms with Crippen molar-refractivity contribution in [3.8, 4) is 6.07 Å². The van der Waals surface area contributed by atoms with E-state index in [-0.39, 0.29) is 5.56 Å². The Morgan fingerprint density at radius 1 is 1.36 bits per heavy atom. The molecule has 0 bridgehead atoms. The minimum Gasteiger partial charge on any atom is -0.292 e. The van der Waals surface area contributed by atoms with Crippen LogP contribution in [0.25, 0.3) is 4.96 Å². The van der Waals surface area contributed by atoms with Crippen LogP contribution in [0, 0.1) is 11.3 Å². The van der Waals surface area contributed by atoms with Crippen molar-refractivity contribution in [1.29, 1.82) is 5.26 Å². The smallest absolute Gasteiger partial charge is 0.275 e. The molecule has 0 aliphatic carbocycles. The van der Waals surface area contributed by atoms with Gasteiger partial charge >= 0.3 is 0 Å². The van der Waals surface area contributed by atoms with E-state index in [0.717, 1.165) is 35.2 Å². The lowest BCUT2D eigenvalue weighted by Crippen LogP contribution is -2.25. The Morgan fingerprint density at radius 2 is 2.24 bits per heavy atom. The number of aromatic nitrogens is 5. The van der Waals surface area contributed by atoms with Crippen LogP contribution >= 0.6 is 23.1 Å². The monoisotopic (exact) mass is 373 g/mol. The number of hydrogen-bond donors (Lipinski definition) is 0. The molecule has 0 amide bonds. The molecule has 4 rings (SSSR count). The lowest BCUT2D eigenvalue weighted by Gasteiger charge is -2.18. The predicted molar refractivity (Wildman–Crippen MR) is 94.6 cm³/mol.